The van der Waals surface area contributed by atoms with Gasteiger partial charge in [-0.1, -0.05) is 17.7 Å². The standard InChI is InChI=1S/C14H11ClN2O/c1-9-3-2-4-12-13(15)16-14(17(9)12)10-5-7-11(18)8-6-10/h2-8,18H,1H3. The molecule has 0 aliphatic heterocycles. The van der Waals surface area contributed by atoms with Crippen molar-refractivity contribution in [2.45, 2.75) is 6.92 Å². The van der Waals surface area contributed by atoms with Crippen LogP contribution in [0.2, 0.25) is 5.15 Å². The number of hydrogen-bond acceptors (Lipinski definition) is 2. The van der Waals surface area contributed by atoms with Crippen LogP contribution in [-0.2, 0) is 0 Å². The molecule has 0 aliphatic carbocycles. The number of phenols is 1. The molecule has 4 heteroatoms. The Kier molecular flexibility index (Phi) is 2.49. The molecule has 0 radical (unpaired) electrons. The van der Waals surface area contributed by atoms with Gasteiger partial charge in [0.15, 0.2) is 5.15 Å². The highest BCUT2D eigenvalue weighted by Crippen LogP contribution is 2.27. The van der Waals surface area contributed by atoms with Crippen LogP contribution in [0.15, 0.2) is 42.5 Å². The smallest absolute Gasteiger partial charge is 0.155 e. The molecule has 0 saturated heterocycles. The van der Waals surface area contributed by atoms with Crippen molar-refractivity contribution >= 4 is 17.1 Å². The summed E-state index contributed by atoms with van der Waals surface area (Å²) in [7, 11) is 0. The Hall–Kier alpha value is -2.00. The number of fused-ring (bicyclic) bond motifs is 1. The number of nitrogens with zero attached hydrogens (tertiary/aromatic N) is 2. The minimum atomic E-state index is 0.238. The molecule has 2 aromatic heterocycles. The van der Waals surface area contributed by atoms with Crippen molar-refractivity contribution in [3.63, 3.8) is 0 Å². The molecule has 3 rings (SSSR count). The van der Waals surface area contributed by atoms with Gasteiger partial charge in [0.2, 0.25) is 0 Å². The summed E-state index contributed by atoms with van der Waals surface area (Å²) >= 11 is 6.15. The lowest BCUT2D eigenvalue weighted by Gasteiger charge is -2.04. The quantitative estimate of drug-likeness (QED) is 0.723. The van der Waals surface area contributed by atoms with Crippen molar-refractivity contribution in [1.82, 2.24) is 9.38 Å². The first-order valence-corrected chi connectivity index (χ1v) is 5.97. The van der Waals surface area contributed by atoms with E-state index in [4.69, 9.17) is 11.6 Å². The molecule has 0 unspecified atom stereocenters. The van der Waals surface area contributed by atoms with E-state index in [0.29, 0.717) is 5.15 Å². The first-order chi connectivity index (χ1) is 8.66. The minimum absolute atomic E-state index is 0.238. The average molecular weight is 259 g/mol. The van der Waals surface area contributed by atoms with Crippen molar-refractivity contribution in [2.24, 2.45) is 0 Å². The normalized spacial score (nSPS) is 11.0. The molecule has 3 nitrogen and oxygen atoms in total. The third-order valence-electron chi connectivity index (χ3n) is 2.94. The predicted octanol–water partition coefficient (Wildman–Crippen LogP) is 3.67. The molecule has 0 amide bonds. The summed E-state index contributed by atoms with van der Waals surface area (Å²) in [5.41, 5.74) is 2.87. The van der Waals surface area contributed by atoms with Gasteiger partial charge in [0.1, 0.15) is 11.6 Å². The van der Waals surface area contributed by atoms with Crippen molar-refractivity contribution < 1.29 is 5.11 Å². The first-order valence-electron chi connectivity index (χ1n) is 5.60. The number of benzene rings is 1. The molecule has 90 valence electrons. The molecular formula is C14H11ClN2O. The summed E-state index contributed by atoms with van der Waals surface area (Å²) in [6.07, 6.45) is 0. The lowest BCUT2D eigenvalue weighted by molar-refractivity contribution is 0.475. The van der Waals surface area contributed by atoms with E-state index in [1.807, 2.05) is 41.7 Å². The van der Waals surface area contributed by atoms with Crippen LogP contribution in [0.25, 0.3) is 16.9 Å². The molecule has 0 saturated carbocycles. The van der Waals surface area contributed by atoms with E-state index in [1.165, 1.54) is 0 Å². The van der Waals surface area contributed by atoms with Crippen LogP contribution in [-0.4, -0.2) is 14.5 Å². The van der Waals surface area contributed by atoms with Gasteiger partial charge >= 0.3 is 0 Å². The molecule has 0 bridgehead atoms. The second-order valence-electron chi connectivity index (χ2n) is 4.16. The molecule has 18 heavy (non-hydrogen) atoms. The SMILES string of the molecule is Cc1cccc2c(Cl)nc(-c3ccc(O)cc3)n12. The second-order valence-corrected chi connectivity index (χ2v) is 4.52. The molecule has 1 aromatic carbocycles. The fraction of sp³-hybridized carbons (Fsp3) is 0.0714. The maximum atomic E-state index is 9.32. The topological polar surface area (TPSA) is 37.5 Å². The van der Waals surface area contributed by atoms with Crippen LogP contribution in [0, 0.1) is 6.92 Å². The summed E-state index contributed by atoms with van der Waals surface area (Å²) in [4.78, 5) is 4.40. The van der Waals surface area contributed by atoms with Crippen molar-refractivity contribution in [3.05, 3.63) is 53.3 Å². The largest absolute Gasteiger partial charge is 0.508 e. The third-order valence-corrected chi connectivity index (χ3v) is 3.22. The Morgan fingerprint density at radius 1 is 1.11 bits per heavy atom. The van der Waals surface area contributed by atoms with Gasteiger partial charge in [0.05, 0.1) is 5.52 Å². The maximum Gasteiger partial charge on any atom is 0.155 e. The van der Waals surface area contributed by atoms with Crippen LogP contribution < -0.4 is 0 Å². The number of aromatic hydroxyl groups is 1. The number of aromatic nitrogens is 2. The second kappa shape index (κ2) is 4.03. The van der Waals surface area contributed by atoms with Crippen LogP contribution in [0.1, 0.15) is 5.69 Å². The Morgan fingerprint density at radius 2 is 1.83 bits per heavy atom. The van der Waals surface area contributed by atoms with E-state index >= 15 is 0 Å². The van der Waals surface area contributed by atoms with Crippen LogP contribution in [0.3, 0.4) is 0 Å². The molecule has 0 atom stereocenters. The fourth-order valence-corrected chi connectivity index (χ4v) is 2.29. The highest BCUT2D eigenvalue weighted by atomic mass is 35.5. The summed E-state index contributed by atoms with van der Waals surface area (Å²) in [5.74, 6) is 1.02. The van der Waals surface area contributed by atoms with Gasteiger partial charge in [-0.15, -0.1) is 0 Å². The molecular weight excluding hydrogens is 248 g/mol. The maximum absolute atomic E-state index is 9.32. The minimum Gasteiger partial charge on any atom is -0.508 e. The van der Waals surface area contributed by atoms with Gasteiger partial charge in [-0.3, -0.25) is 4.40 Å². The lowest BCUT2D eigenvalue weighted by atomic mass is 10.2. The van der Waals surface area contributed by atoms with E-state index < -0.39 is 0 Å². The summed E-state index contributed by atoms with van der Waals surface area (Å²) in [6.45, 7) is 2.01. The lowest BCUT2D eigenvalue weighted by Crippen LogP contribution is -1.93. The Bertz CT molecular complexity index is 716. The number of hydrogen-bond donors (Lipinski definition) is 1. The van der Waals surface area contributed by atoms with Gasteiger partial charge in [-0.2, -0.15) is 0 Å². The zero-order valence-corrected chi connectivity index (χ0v) is 10.5. The summed E-state index contributed by atoms with van der Waals surface area (Å²) in [6, 6.07) is 12.8. The highest BCUT2D eigenvalue weighted by Gasteiger charge is 2.12. The Labute approximate surface area is 109 Å². The molecule has 2 heterocycles. The van der Waals surface area contributed by atoms with E-state index in [0.717, 1.165) is 22.6 Å². The van der Waals surface area contributed by atoms with Gasteiger partial charge in [-0.05, 0) is 43.3 Å². The fourth-order valence-electron chi connectivity index (χ4n) is 2.06. The van der Waals surface area contributed by atoms with Gasteiger partial charge < -0.3 is 5.11 Å². The predicted molar refractivity (Wildman–Crippen MR) is 72.0 cm³/mol. The Balaban J connectivity index is 2.32. The molecule has 0 aliphatic rings. The zero-order chi connectivity index (χ0) is 12.7. The van der Waals surface area contributed by atoms with E-state index in [2.05, 4.69) is 4.98 Å². The first kappa shape index (κ1) is 11.1. The zero-order valence-electron chi connectivity index (χ0n) is 9.76. The van der Waals surface area contributed by atoms with Gasteiger partial charge in [0, 0.05) is 11.3 Å². The summed E-state index contributed by atoms with van der Waals surface area (Å²) in [5, 5.41) is 9.81. The molecule has 0 fully saturated rings. The average Bonchev–Trinajstić information content (AvgIpc) is 2.70. The van der Waals surface area contributed by atoms with E-state index in [1.54, 1.807) is 12.1 Å². The van der Waals surface area contributed by atoms with Crippen LogP contribution in [0.5, 0.6) is 5.75 Å². The number of pyridine rings is 1. The van der Waals surface area contributed by atoms with Gasteiger partial charge in [-0.25, -0.2) is 4.98 Å². The van der Waals surface area contributed by atoms with Crippen molar-refractivity contribution in [3.8, 4) is 17.1 Å². The van der Waals surface area contributed by atoms with E-state index in [-0.39, 0.29) is 5.75 Å². The molecule has 3 aromatic rings. The summed E-state index contributed by atoms with van der Waals surface area (Å²) < 4.78 is 2.01. The number of imidazole rings is 1. The molecule has 1 N–H and O–H groups in total. The third kappa shape index (κ3) is 1.64. The highest BCUT2D eigenvalue weighted by molar-refractivity contribution is 6.32. The van der Waals surface area contributed by atoms with Crippen molar-refractivity contribution in [2.75, 3.05) is 0 Å². The van der Waals surface area contributed by atoms with Crippen molar-refractivity contribution in [1.29, 1.82) is 0 Å². The number of aryl methyl sites for hydroxylation is 1. The van der Waals surface area contributed by atoms with Gasteiger partial charge in [0.25, 0.3) is 0 Å². The number of phenolic OH excluding ortho intramolecular Hbond substituents is 1. The monoisotopic (exact) mass is 258 g/mol. The van der Waals surface area contributed by atoms with E-state index in [9.17, 15) is 5.11 Å². The van der Waals surface area contributed by atoms with Crippen LogP contribution in [0.4, 0.5) is 0 Å². The Morgan fingerprint density at radius 3 is 2.56 bits per heavy atom. The number of halogens is 1. The number of rotatable bonds is 1. The van der Waals surface area contributed by atoms with Crippen LogP contribution >= 0.6 is 11.6 Å². The molecule has 0 spiro atoms.